The van der Waals surface area contributed by atoms with Crippen molar-refractivity contribution in [3.05, 3.63) is 24.0 Å². The smallest absolute Gasteiger partial charge is 0.0529 e. The van der Waals surface area contributed by atoms with Crippen molar-refractivity contribution in [2.75, 3.05) is 5.32 Å². The van der Waals surface area contributed by atoms with Crippen LogP contribution in [-0.4, -0.2) is 11.0 Å². The minimum atomic E-state index is 0.668. The Kier molecular flexibility index (Phi) is 2.94. The second-order valence-corrected chi connectivity index (χ2v) is 5.01. The van der Waals surface area contributed by atoms with Gasteiger partial charge in [0.25, 0.3) is 0 Å². The van der Waals surface area contributed by atoms with Gasteiger partial charge in [-0.1, -0.05) is 13.8 Å². The van der Waals surface area contributed by atoms with Crippen LogP contribution in [0.5, 0.6) is 0 Å². The number of nitrogens with one attached hydrogen (secondary N) is 1. The van der Waals surface area contributed by atoms with E-state index in [1.54, 1.807) is 0 Å². The number of nitrogens with zero attached hydrogens (tertiary/aromatic N) is 1. The van der Waals surface area contributed by atoms with E-state index in [1.165, 1.54) is 12.8 Å². The van der Waals surface area contributed by atoms with Crippen molar-refractivity contribution in [1.82, 2.24) is 4.98 Å². The van der Waals surface area contributed by atoms with E-state index in [4.69, 9.17) is 0 Å². The molecule has 2 nitrogen and oxygen atoms in total. The maximum atomic E-state index is 4.28. The molecule has 1 heterocycles. The Labute approximate surface area is 92.1 Å². The predicted octanol–water partition coefficient (Wildman–Crippen LogP) is 3.24. The summed E-state index contributed by atoms with van der Waals surface area (Å²) >= 11 is 0. The van der Waals surface area contributed by atoms with Crippen molar-refractivity contribution in [3.63, 3.8) is 0 Å². The molecule has 0 spiro atoms. The van der Waals surface area contributed by atoms with Gasteiger partial charge in [0.05, 0.1) is 11.9 Å². The topological polar surface area (TPSA) is 24.9 Å². The van der Waals surface area contributed by atoms with Crippen molar-refractivity contribution in [1.29, 1.82) is 0 Å². The molecular weight excluding hydrogens is 184 g/mol. The first kappa shape index (κ1) is 10.5. The number of rotatable bonds is 3. The zero-order valence-corrected chi connectivity index (χ0v) is 9.83. The largest absolute Gasteiger partial charge is 0.381 e. The van der Waals surface area contributed by atoms with Crippen LogP contribution in [0.4, 0.5) is 5.69 Å². The maximum Gasteiger partial charge on any atom is 0.0529 e. The lowest BCUT2D eigenvalue weighted by atomic mass is 9.73. The summed E-state index contributed by atoms with van der Waals surface area (Å²) in [5.41, 5.74) is 2.24. The first-order valence-corrected chi connectivity index (χ1v) is 5.84. The average Bonchev–Trinajstić information content (AvgIpc) is 2.13. The molecule has 0 atom stereocenters. The SMILES string of the molecule is Cc1ccc(NC2CC(C(C)C)C2)cn1. The molecule has 1 aliphatic carbocycles. The lowest BCUT2D eigenvalue weighted by Crippen LogP contribution is -2.37. The van der Waals surface area contributed by atoms with Crippen LogP contribution >= 0.6 is 0 Å². The van der Waals surface area contributed by atoms with Crippen molar-refractivity contribution in [3.8, 4) is 0 Å². The molecule has 2 heteroatoms. The molecule has 0 unspecified atom stereocenters. The molecule has 0 amide bonds. The summed E-state index contributed by atoms with van der Waals surface area (Å²) in [5, 5.41) is 3.53. The van der Waals surface area contributed by atoms with Crippen LogP contribution < -0.4 is 5.32 Å². The Morgan fingerprint density at radius 3 is 2.60 bits per heavy atom. The molecule has 0 bridgehead atoms. The third kappa shape index (κ3) is 2.49. The molecule has 0 aliphatic heterocycles. The molecule has 1 saturated carbocycles. The summed E-state index contributed by atoms with van der Waals surface area (Å²) in [6, 6.07) is 4.84. The van der Waals surface area contributed by atoms with Crippen LogP contribution in [0.15, 0.2) is 18.3 Å². The number of aromatic nitrogens is 1. The van der Waals surface area contributed by atoms with E-state index in [9.17, 15) is 0 Å². The Morgan fingerprint density at radius 2 is 2.07 bits per heavy atom. The van der Waals surface area contributed by atoms with E-state index in [1.807, 2.05) is 13.1 Å². The first-order valence-electron chi connectivity index (χ1n) is 5.84. The zero-order valence-electron chi connectivity index (χ0n) is 9.83. The van der Waals surface area contributed by atoms with Crippen molar-refractivity contribution in [2.45, 2.75) is 39.7 Å². The van der Waals surface area contributed by atoms with Gasteiger partial charge in [-0.25, -0.2) is 0 Å². The van der Waals surface area contributed by atoms with Gasteiger partial charge in [-0.05, 0) is 43.7 Å². The fraction of sp³-hybridized carbons (Fsp3) is 0.615. The number of anilines is 1. The molecule has 2 rings (SSSR count). The number of hydrogen-bond donors (Lipinski definition) is 1. The van der Waals surface area contributed by atoms with Gasteiger partial charge in [-0.2, -0.15) is 0 Å². The number of hydrogen-bond acceptors (Lipinski definition) is 2. The van der Waals surface area contributed by atoms with Crippen LogP contribution in [0, 0.1) is 18.8 Å². The monoisotopic (exact) mass is 204 g/mol. The molecule has 1 aliphatic rings. The number of pyridine rings is 1. The highest BCUT2D eigenvalue weighted by atomic mass is 14.9. The maximum absolute atomic E-state index is 4.28. The van der Waals surface area contributed by atoms with Gasteiger partial charge in [0.15, 0.2) is 0 Å². The highest BCUT2D eigenvalue weighted by Crippen LogP contribution is 2.35. The third-order valence-corrected chi connectivity index (χ3v) is 3.40. The summed E-state index contributed by atoms with van der Waals surface area (Å²) in [4.78, 5) is 4.28. The minimum absolute atomic E-state index is 0.668. The van der Waals surface area contributed by atoms with Gasteiger partial charge in [0, 0.05) is 11.7 Å². The highest BCUT2D eigenvalue weighted by molar-refractivity contribution is 5.42. The van der Waals surface area contributed by atoms with Crippen molar-refractivity contribution in [2.24, 2.45) is 11.8 Å². The van der Waals surface area contributed by atoms with Gasteiger partial charge < -0.3 is 5.32 Å². The van der Waals surface area contributed by atoms with Crippen LogP contribution in [0.25, 0.3) is 0 Å². The normalized spacial score (nSPS) is 25.1. The Bertz CT molecular complexity index is 310. The molecule has 1 aromatic heterocycles. The van der Waals surface area contributed by atoms with Gasteiger partial charge in [-0.3, -0.25) is 4.98 Å². The summed E-state index contributed by atoms with van der Waals surface area (Å²) in [7, 11) is 0. The van der Waals surface area contributed by atoms with Crippen molar-refractivity contribution < 1.29 is 0 Å². The molecule has 1 fully saturated rings. The van der Waals surface area contributed by atoms with Gasteiger partial charge in [0.2, 0.25) is 0 Å². The summed E-state index contributed by atoms with van der Waals surface area (Å²) in [6.07, 6.45) is 4.55. The van der Waals surface area contributed by atoms with E-state index in [-0.39, 0.29) is 0 Å². The van der Waals surface area contributed by atoms with E-state index in [0.29, 0.717) is 6.04 Å². The minimum Gasteiger partial charge on any atom is -0.381 e. The van der Waals surface area contributed by atoms with Gasteiger partial charge >= 0.3 is 0 Å². The standard InChI is InChI=1S/C13H20N2/c1-9(2)11-6-13(7-11)15-12-5-4-10(3)14-8-12/h4-5,8-9,11,13,15H,6-7H2,1-3H3. The van der Waals surface area contributed by atoms with Gasteiger partial charge in [-0.15, -0.1) is 0 Å². The second-order valence-electron chi connectivity index (χ2n) is 5.01. The summed E-state index contributed by atoms with van der Waals surface area (Å²) in [6.45, 7) is 6.64. The fourth-order valence-corrected chi connectivity index (χ4v) is 2.11. The summed E-state index contributed by atoms with van der Waals surface area (Å²) < 4.78 is 0. The Hall–Kier alpha value is -1.05. The molecule has 1 N–H and O–H groups in total. The molecule has 82 valence electrons. The first-order chi connectivity index (χ1) is 7.15. The molecule has 0 aromatic carbocycles. The molecule has 15 heavy (non-hydrogen) atoms. The average molecular weight is 204 g/mol. The number of aryl methyl sites for hydroxylation is 1. The summed E-state index contributed by atoms with van der Waals surface area (Å²) in [5.74, 6) is 1.75. The molecular formula is C13H20N2. The van der Waals surface area contributed by atoms with Crippen LogP contribution in [-0.2, 0) is 0 Å². The van der Waals surface area contributed by atoms with E-state index in [2.05, 4.69) is 36.3 Å². The zero-order chi connectivity index (χ0) is 10.8. The van der Waals surface area contributed by atoms with Crippen LogP contribution in [0.1, 0.15) is 32.4 Å². The van der Waals surface area contributed by atoms with Crippen LogP contribution in [0.3, 0.4) is 0 Å². The quantitative estimate of drug-likeness (QED) is 0.817. The van der Waals surface area contributed by atoms with Gasteiger partial charge in [0.1, 0.15) is 0 Å². The molecule has 0 radical (unpaired) electrons. The van der Waals surface area contributed by atoms with E-state index < -0.39 is 0 Å². The predicted molar refractivity (Wildman–Crippen MR) is 63.9 cm³/mol. The van der Waals surface area contributed by atoms with E-state index in [0.717, 1.165) is 23.2 Å². The van der Waals surface area contributed by atoms with E-state index >= 15 is 0 Å². The second kappa shape index (κ2) is 4.21. The Balaban J connectivity index is 1.82. The third-order valence-electron chi connectivity index (χ3n) is 3.40. The molecule has 1 aromatic rings. The molecule has 0 saturated heterocycles. The lowest BCUT2D eigenvalue weighted by Gasteiger charge is -2.39. The Morgan fingerprint density at radius 1 is 1.33 bits per heavy atom. The van der Waals surface area contributed by atoms with Crippen molar-refractivity contribution >= 4 is 5.69 Å². The fourth-order valence-electron chi connectivity index (χ4n) is 2.11. The lowest BCUT2D eigenvalue weighted by molar-refractivity contribution is 0.212. The van der Waals surface area contributed by atoms with Crippen LogP contribution in [0.2, 0.25) is 0 Å². The highest BCUT2D eigenvalue weighted by Gasteiger charge is 2.30.